The van der Waals surface area contributed by atoms with Gasteiger partial charge in [-0.25, -0.2) is 13.8 Å². The number of benzene rings is 1. The van der Waals surface area contributed by atoms with Crippen LogP contribution in [0.4, 0.5) is 8.78 Å². The summed E-state index contributed by atoms with van der Waals surface area (Å²) in [5, 5.41) is 17.4. The van der Waals surface area contributed by atoms with Crippen molar-refractivity contribution in [2.75, 3.05) is 6.54 Å². The molecule has 12 heteroatoms. The number of alkyl halides is 2. The lowest BCUT2D eigenvalue weighted by Crippen LogP contribution is -2.38. The largest absolute Gasteiger partial charge is 0.593 e. The maximum Gasteiger partial charge on any atom is 0.304 e. The molecule has 1 aliphatic carbocycles. The molecule has 0 radical (unpaired) electrons. The van der Waals surface area contributed by atoms with Crippen molar-refractivity contribution >= 4 is 23.0 Å². The Morgan fingerprint density at radius 3 is 2.68 bits per heavy atom. The highest BCUT2D eigenvalue weighted by atomic mass is 32.2. The zero-order valence-electron chi connectivity index (χ0n) is 22.8. The van der Waals surface area contributed by atoms with E-state index in [1.165, 1.54) is 10.6 Å². The van der Waals surface area contributed by atoms with Gasteiger partial charge in [-0.1, -0.05) is 18.2 Å². The van der Waals surface area contributed by atoms with Crippen LogP contribution >= 0.6 is 0 Å². The highest BCUT2D eigenvalue weighted by Gasteiger charge is 2.53. The summed E-state index contributed by atoms with van der Waals surface area (Å²) < 4.78 is 50.0. The SMILES string of the molecule is Cc1cnc2c(c1)[S+]([O-])N(Cc1cc(C(CC(=O)O)c3ccn4c(C(F)F)nnc4c3C)ccc1C)CC1(CC1)O2. The number of pyridine rings is 2. The van der Waals surface area contributed by atoms with Crippen LogP contribution in [-0.2, 0) is 22.7 Å². The van der Waals surface area contributed by atoms with Crippen LogP contribution in [0.1, 0.15) is 70.8 Å². The fourth-order valence-electron chi connectivity index (χ4n) is 5.49. The van der Waals surface area contributed by atoms with Crippen molar-refractivity contribution in [3.05, 3.63) is 81.9 Å². The van der Waals surface area contributed by atoms with Crippen molar-refractivity contribution in [1.29, 1.82) is 0 Å². The van der Waals surface area contributed by atoms with Crippen molar-refractivity contribution in [3.63, 3.8) is 0 Å². The number of rotatable bonds is 7. The smallest absolute Gasteiger partial charge is 0.304 e. The number of aryl methyl sites for hydroxylation is 3. The second-order valence-corrected chi connectivity index (χ2v) is 12.4. The first kappa shape index (κ1) is 27.6. The molecule has 0 amide bonds. The van der Waals surface area contributed by atoms with E-state index >= 15 is 0 Å². The van der Waals surface area contributed by atoms with E-state index in [1.54, 1.807) is 19.2 Å². The molecule has 4 aromatic rings. The highest BCUT2D eigenvalue weighted by Crippen LogP contribution is 2.46. The van der Waals surface area contributed by atoms with E-state index < -0.39 is 41.1 Å². The van der Waals surface area contributed by atoms with E-state index in [0.29, 0.717) is 35.0 Å². The van der Waals surface area contributed by atoms with Gasteiger partial charge in [0.15, 0.2) is 5.65 Å². The van der Waals surface area contributed by atoms with Gasteiger partial charge in [0.1, 0.15) is 5.60 Å². The maximum absolute atomic E-state index is 13.8. The summed E-state index contributed by atoms with van der Waals surface area (Å²) in [5.74, 6) is -1.61. The molecule has 0 bridgehead atoms. The number of aromatic nitrogens is 4. The van der Waals surface area contributed by atoms with Crippen LogP contribution in [0, 0.1) is 20.8 Å². The summed E-state index contributed by atoms with van der Waals surface area (Å²) in [6, 6.07) is 9.29. The Kier molecular flexibility index (Phi) is 6.95. The summed E-state index contributed by atoms with van der Waals surface area (Å²) in [5.41, 5.74) is 4.63. The van der Waals surface area contributed by atoms with Crippen LogP contribution < -0.4 is 4.74 Å². The third kappa shape index (κ3) is 5.15. The number of carbonyl (C=O) groups is 1. The standard InChI is InChI=1S/C29H29F2N5O4S/c1-16-10-23-28(32-13-16)40-29(7-8-29)15-35(41(23)39)14-20-11-19(5-4-17(20)2)22(12-24(37)38)21-6-9-36-26(18(21)3)33-34-27(36)25(30)31/h4-6,9-11,13,22,25H,7-8,12,14-15H2,1-3H3,(H,37,38). The second-order valence-electron chi connectivity index (χ2n) is 10.9. The fourth-order valence-corrected chi connectivity index (χ4v) is 6.91. The number of ether oxygens (including phenoxy) is 1. The monoisotopic (exact) mass is 581 g/mol. The normalized spacial score (nSPS) is 18.8. The minimum Gasteiger partial charge on any atom is -0.593 e. The van der Waals surface area contributed by atoms with E-state index in [0.717, 1.165) is 35.1 Å². The lowest BCUT2D eigenvalue weighted by molar-refractivity contribution is -0.137. The van der Waals surface area contributed by atoms with Gasteiger partial charge in [0, 0.05) is 24.4 Å². The van der Waals surface area contributed by atoms with Gasteiger partial charge < -0.3 is 14.4 Å². The lowest BCUT2D eigenvalue weighted by atomic mass is 9.85. The minimum atomic E-state index is -2.79. The van der Waals surface area contributed by atoms with Crippen molar-refractivity contribution in [3.8, 4) is 5.88 Å². The van der Waals surface area contributed by atoms with E-state index in [9.17, 15) is 23.2 Å². The summed E-state index contributed by atoms with van der Waals surface area (Å²) >= 11 is -1.51. The quantitative estimate of drug-likeness (QED) is 0.302. The molecule has 1 saturated carbocycles. The van der Waals surface area contributed by atoms with E-state index in [1.807, 2.05) is 42.4 Å². The Morgan fingerprint density at radius 2 is 1.98 bits per heavy atom. The van der Waals surface area contributed by atoms with Gasteiger partial charge in [0.05, 0.1) is 30.9 Å². The molecule has 9 nitrogen and oxygen atoms in total. The molecule has 214 valence electrons. The van der Waals surface area contributed by atoms with Gasteiger partial charge in [0.2, 0.25) is 10.7 Å². The van der Waals surface area contributed by atoms with Gasteiger partial charge in [-0.3, -0.25) is 9.20 Å². The number of nitrogens with zero attached hydrogens (tertiary/aromatic N) is 5. The molecule has 3 aromatic heterocycles. The number of carboxylic acid groups (broad SMARTS) is 1. The number of carboxylic acids is 1. The Morgan fingerprint density at radius 1 is 1.20 bits per heavy atom. The molecule has 1 aliphatic heterocycles. The molecular weight excluding hydrogens is 552 g/mol. The predicted molar refractivity (Wildman–Crippen MR) is 146 cm³/mol. The number of hydrogen-bond donors (Lipinski definition) is 1. The molecule has 1 aromatic carbocycles. The van der Waals surface area contributed by atoms with Crippen LogP contribution in [0.25, 0.3) is 5.65 Å². The second kappa shape index (κ2) is 10.3. The average molecular weight is 582 g/mol. The Hall–Kier alpha value is -3.61. The van der Waals surface area contributed by atoms with Crippen molar-refractivity contribution in [1.82, 2.24) is 23.9 Å². The summed E-state index contributed by atoms with van der Waals surface area (Å²) in [4.78, 5) is 17.0. The number of fused-ring (bicyclic) bond motifs is 2. The predicted octanol–water partition coefficient (Wildman–Crippen LogP) is 5.04. The van der Waals surface area contributed by atoms with Crippen molar-refractivity contribution in [2.45, 2.75) is 69.4 Å². The Balaban J connectivity index is 1.37. The van der Waals surface area contributed by atoms with Crippen LogP contribution in [0.15, 0.2) is 47.6 Å². The molecule has 1 fully saturated rings. The van der Waals surface area contributed by atoms with E-state index in [-0.39, 0.29) is 12.1 Å². The minimum absolute atomic E-state index is 0.208. The third-order valence-corrected chi connectivity index (χ3v) is 9.32. The molecule has 2 atom stereocenters. The molecule has 2 unspecified atom stereocenters. The first-order valence-electron chi connectivity index (χ1n) is 13.3. The first-order chi connectivity index (χ1) is 19.5. The summed E-state index contributed by atoms with van der Waals surface area (Å²) in [6.07, 6.45) is 1.89. The van der Waals surface area contributed by atoms with Crippen LogP contribution in [0.2, 0.25) is 0 Å². The molecular formula is C29H29F2N5O4S. The molecule has 4 heterocycles. The van der Waals surface area contributed by atoms with Gasteiger partial charge in [-0.05, 0) is 73.1 Å². The molecule has 0 saturated heterocycles. The maximum atomic E-state index is 13.8. The third-order valence-electron chi connectivity index (χ3n) is 7.93. The summed E-state index contributed by atoms with van der Waals surface area (Å²) in [7, 11) is 0. The number of aliphatic carboxylic acids is 1. The zero-order valence-corrected chi connectivity index (χ0v) is 23.6. The van der Waals surface area contributed by atoms with Gasteiger partial charge in [-0.2, -0.15) is 0 Å². The first-order valence-corrected chi connectivity index (χ1v) is 14.4. The molecule has 1 N–H and O–H groups in total. The van der Waals surface area contributed by atoms with Gasteiger partial charge in [0.25, 0.3) is 12.3 Å². The van der Waals surface area contributed by atoms with Gasteiger partial charge in [-0.15, -0.1) is 14.5 Å². The van der Waals surface area contributed by atoms with E-state index in [4.69, 9.17) is 4.74 Å². The van der Waals surface area contributed by atoms with Crippen molar-refractivity contribution in [2.24, 2.45) is 0 Å². The highest BCUT2D eigenvalue weighted by molar-refractivity contribution is 7.89. The van der Waals surface area contributed by atoms with E-state index in [2.05, 4.69) is 15.2 Å². The topological polar surface area (TPSA) is 116 Å². The van der Waals surface area contributed by atoms with Crippen LogP contribution in [0.5, 0.6) is 5.88 Å². The lowest BCUT2D eigenvalue weighted by Gasteiger charge is -2.25. The van der Waals surface area contributed by atoms with Gasteiger partial charge >= 0.3 is 5.97 Å². The van der Waals surface area contributed by atoms with Crippen LogP contribution in [-0.4, -0.2) is 51.7 Å². The zero-order chi connectivity index (χ0) is 29.1. The Labute approximate surface area is 238 Å². The molecule has 41 heavy (non-hydrogen) atoms. The molecule has 1 spiro atoms. The van der Waals surface area contributed by atoms with Crippen molar-refractivity contribution < 1.29 is 28.0 Å². The fraction of sp³-hybridized carbons (Fsp3) is 0.379. The molecule has 2 aliphatic rings. The number of hydrogen-bond acceptors (Lipinski definition) is 7. The Bertz CT molecular complexity index is 1660. The van der Waals surface area contributed by atoms with Crippen LogP contribution in [0.3, 0.4) is 0 Å². The molecule has 6 rings (SSSR count). The average Bonchev–Trinajstić information content (AvgIpc) is 3.55. The summed E-state index contributed by atoms with van der Waals surface area (Å²) in [6.45, 7) is 6.45. The number of halogens is 2.